The summed E-state index contributed by atoms with van der Waals surface area (Å²) in [5.74, 6) is 1.03. The lowest BCUT2D eigenvalue weighted by Gasteiger charge is -2.23. The third-order valence-electron chi connectivity index (χ3n) is 7.13. The molecule has 1 aromatic carbocycles. The number of nitrogens with one attached hydrogen (secondary N) is 3. The van der Waals surface area contributed by atoms with Crippen molar-refractivity contribution in [2.75, 3.05) is 32.2 Å². The number of para-hydroxylation sites is 1. The van der Waals surface area contributed by atoms with E-state index >= 15 is 0 Å². The molecule has 1 aliphatic carbocycles. The lowest BCUT2D eigenvalue weighted by molar-refractivity contribution is 0.0680. The highest BCUT2D eigenvalue weighted by Crippen LogP contribution is 2.54. The van der Waals surface area contributed by atoms with Gasteiger partial charge in [-0.05, 0) is 43.9 Å². The molecule has 1 amide bonds. The monoisotopic (exact) mass is 494 g/mol. The zero-order valence-corrected chi connectivity index (χ0v) is 20.2. The predicted molar refractivity (Wildman–Crippen MR) is 133 cm³/mol. The van der Waals surface area contributed by atoms with Gasteiger partial charge in [-0.2, -0.15) is 0 Å². The number of rotatable bonds is 7. The van der Waals surface area contributed by atoms with Crippen molar-refractivity contribution in [3.05, 3.63) is 52.9 Å². The number of hydrogen-bond donors (Lipinski definition) is 3. The Morgan fingerprint density at radius 1 is 1.31 bits per heavy atom. The van der Waals surface area contributed by atoms with Gasteiger partial charge in [0.05, 0.1) is 47.1 Å². The molecule has 2 aliphatic heterocycles. The Morgan fingerprint density at radius 3 is 2.97 bits per heavy atom. The van der Waals surface area contributed by atoms with Crippen molar-refractivity contribution < 1.29 is 19.0 Å². The molecule has 1 saturated carbocycles. The molecule has 182 valence electrons. The summed E-state index contributed by atoms with van der Waals surface area (Å²) in [5, 5.41) is 7.02. The zero-order chi connectivity index (χ0) is 24.0. The van der Waals surface area contributed by atoms with Crippen LogP contribution in [0.25, 0.3) is 11.3 Å². The van der Waals surface area contributed by atoms with Crippen LogP contribution in [0, 0.1) is 0 Å². The maximum absolute atomic E-state index is 13.2. The largest absolute Gasteiger partial charge is 0.493 e. The van der Waals surface area contributed by atoms with Crippen LogP contribution in [-0.4, -0.2) is 48.8 Å². The summed E-state index contributed by atoms with van der Waals surface area (Å²) < 4.78 is 17.5. The first kappa shape index (κ1) is 22.2. The molecule has 35 heavy (non-hydrogen) atoms. The number of anilines is 2. The van der Waals surface area contributed by atoms with Crippen molar-refractivity contribution >= 4 is 28.9 Å². The van der Waals surface area contributed by atoms with Crippen LogP contribution < -0.4 is 20.1 Å². The summed E-state index contributed by atoms with van der Waals surface area (Å²) in [6.07, 6.45) is 7.60. The van der Waals surface area contributed by atoms with Gasteiger partial charge in [0.2, 0.25) is 0 Å². The van der Waals surface area contributed by atoms with Crippen LogP contribution in [0.15, 0.2) is 36.7 Å². The van der Waals surface area contributed by atoms with Crippen LogP contribution in [0.4, 0.5) is 11.4 Å². The van der Waals surface area contributed by atoms with E-state index in [-0.39, 0.29) is 17.4 Å². The van der Waals surface area contributed by atoms with Crippen molar-refractivity contribution in [3.8, 4) is 22.8 Å². The molecule has 0 unspecified atom stereocenters. The molecule has 1 atom stereocenters. The molecule has 1 spiro atoms. The van der Waals surface area contributed by atoms with Gasteiger partial charge in [0.1, 0.15) is 12.4 Å². The van der Waals surface area contributed by atoms with Crippen molar-refractivity contribution in [1.82, 2.24) is 15.3 Å². The summed E-state index contributed by atoms with van der Waals surface area (Å²) in [6, 6.07) is 7.39. The van der Waals surface area contributed by atoms with Crippen molar-refractivity contribution in [3.63, 3.8) is 0 Å². The van der Waals surface area contributed by atoms with E-state index in [2.05, 4.69) is 20.6 Å². The van der Waals surface area contributed by atoms with E-state index in [1.54, 1.807) is 25.6 Å². The number of pyridine rings is 1. The maximum Gasteiger partial charge on any atom is 0.255 e. The maximum atomic E-state index is 13.2. The number of H-pyrrole nitrogens is 1. The molecule has 4 heterocycles. The van der Waals surface area contributed by atoms with E-state index in [1.165, 1.54) is 0 Å². The lowest BCUT2D eigenvalue weighted by Crippen LogP contribution is -2.39. The van der Waals surface area contributed by atoms with Gasteiger partial charge in [0.25, 0.3) is 5.91 Å². The van der Waals surface area contributed by atoms with E-state index in [9.17, 15) is 4.79 Å². The van der Waals surface area contributed by atoms with E-state index in [0.29, 0.717) is 46.6 Å². The van der Waals surface area contributed by atoms with Crippen LogP contribution in [0.1, 0.15) is 41.7 Å². The fourth-order valence-electron chi connectivity index (χ4n) is 5.07. The van der Waals surface area contributed by atoms with Crippen molar-refractivity contribution in [1.29, 1.82) is 0 Å². The highest BCUT2D eigenvalue weighted by Gasteiger charge is 2.51. The van der Waals surface area contributed by atoms with Crippen LogP contribution in [0.2, 0.25) is 5.02 Å². The number of nitrogens with zero attached hydrogens (tertiary/aromatic N) is 1. The Balaban J connectivity index is 1.47. The van der Waals surface area contributed by atoms with Gasteiger partial charge in [0.15, 0.2) is 5.75 Å². The summed E-state index contributed by atoms with van der Waals surface area (Å²) in [6.45, 7) is 1.86. The Kier molecular flexibility index (Phi) is 5.57. The third kappa shape index (κ3) is 3.90. The molecule has 2 fully saturated rings. The summed E-state index contributed by atoms with van der Waals surface area (Å²) in [5.41, 5.74) is 4.44. The third-order valence-corrected chi connectivity index (χ3v) is 7.43. The van der Waals surface area contributed by atoms with Crippen LogP contribution in [0.3, 0.4) is 0 Å². The number of fused-ring (bicyclic) bond motifs is 2. The average Bonchev–Trinajstić information content (AvgIpc) is 3.26. The minimum absolute atomic E-state index is 0.0535. The highest BCUT2D eigenvalue weighted by atomic mass is 35.5. The average molecular weight is 495 g/mol. The molecule has 1 saturated heterocycles. The van der Waals surface area contributed by atoms with E-state index < -0.39 is 0 Å². The summed E-state index contributed by atoms with van der Waals surface area (Å²) >= 11 is 6.39. The molecule has 3 aromatic rings. The number of carbonyl (C=O) groups is 1. The molecule has 2 aromatic heterocycles. The topological polar surface area (TPSA) is 97.5 Å². The Labute approximate surface area is 208 Å². The number of hydrogen-bond acceptors (Lipinski definition) is 6. The number of amides is 1. The molecule has 6 rings (SSSR count). The fourth-order valence-corrected chi connectivity index (χ4v) is 5.32. The smallest absolute Gasteiger partial charge is 0.255 e. The molecule has 8 nitrogen and oxygen atoms in total. The van der Waals surface area contributed by atoms with Gasteiger partial charge in [-0.15, -0.1) is 0 Å². The molecule has 3 N–H and O–H groups in total. The Hall–Kier alpha value is -3.23. The highest BCUT2D eigenvalue weighted by molar-refractivity contribution is 6.32. The Bertz CT molecular complexity index is 1280. The number of benzene rings is 1. The first-order valence-electron chi connectivity index (χ1n) is 11.9. The molecular weight excluding hydrogens is 468 g/mol. The fraction of sp³-hybridized carbons (Fsp3) is 0.385. The molecule has 0 bridgehead atoms. The first-order valence-corrected chi connectivity index (χ1v) is 12.3. The number of methoxy groups -OCH3 is 1. The number of aromatic nitrogens is 2. The standard InChI is InChI=1S/C26H27ClN4O4/c1-33-23-17(27)5-2-6-18(23)30-22-20-24(26(8-9-26)14-29-25(20)32)31-21(22)16-7-10-28-12-19(16)35-13-15-4-3-11-34-15/h2,5-7,10,12,15,30-31H,3-4,8-9,11,13-14H2,1H3,(H,29,32)/t15-/m1/s1. The molecule has 9 heteroatoms. The van der Waals surface area contributed by atoms with Gasteiger partial charge in [0, 0.05) is 36.0 Å². The van der Waals surface area contributed by atoms with Gasteiger partial charge >= 0.3 is 0 Å². The normalized spacial score (nSPS) is 19.8. The first-order chi connectivity index (χ1) is 17.1. The van der Waals surface area contributed by atoms with Crippen molar-refractivity contribution in [2.24, 2.45) is 0 Å². The van der Waals surface area contributed by atoms with E-state index in [4.69, 9.17) is 25.8 Å². The molecule has 0 radical (unpaired) electrons. The zero-order valence-electron chi connectivity index (χ0n) is 19.4. The second kappa shape index (κ2) is 8.77. The molecular formula is C26H27ClN4O4. The number of carbonyl (C=O) groups excluding carboxylic acids is 1. The predicted octanol–water partition coefficient (Wildman–Crippen LogP) is 4.82. The minimum Gasteiger partial charge on any atom is -0.493 e. The van der Waals surface area contributed by atoms with Crippen LogP contribution in [0.5, 0.6) is 11.5 Å². The van der Waals surface area contributed by atoms with Gasteiger partial charge in [-0.25, -0.2) is 0 Å². The SMILES string of the molecule is COc1c(Cl)cccc1Nc1c(-c2ccncc2OC[C@H]2CCCO2)[nH]c2c1C(=O)NCC21CC1. The van der Waals surface area contributed by atoms with Gasteiger partial charge in [-0.3, -0.25) is 9.78 Å². The molecule has 3 aliphatic rings. The number of aromatic amines is 1. The lowest BCUT2D eigenvalue weighted by atomic mass is 9.93. The number of ether oxygens (including phenoxy) is 3. The summed E-state index contributed by atoms with van der Waals surface area (Å²) in [7, 11) is 1.58. The minimum atomic E-state index is -0.112. The van der Waals surface area contributed by atoms with Crippen LogP contribution >= 0.6 is 11.6 Å². The van der Waals surface area contributed by atoms with Gasteiger partial charge < -0.3 is 29.8 Å². The summed E-state index contributed by atoms with van der Waals surface area (Å²) in [4.78, 5) is 21.1. The second-order valence-corrected chi connectivity index (χ2v) is 9.76. The van der Waals surface area contributed by atoms with E-state index in [1.807, 2.05) is 18.2 Å². The van der Waals surface area contributed by atoms with Crippen molar-refractivity contribution in [2.45, 2.75) is 37.2 Å². The Morgan fingerprint density at radius 2 is 2.20 bits per heavy atom. The van der Waals surface area contributed by atoms with Crippen LogP contribution in [-0.2, 0) is 10.2 Å². The quantitative estimate of drug-likeness (QED) is 0.436. The second-order valence-electron chi connectivity index (χ2n) is 9.35. The van der Waals surface area contributed by atoms with Gasteiger partial charge in [-0.1, -0.05) is 17.7 Å². The van der Waals surface area contributed by atoms with E-state index in [0.717, 1.165) is 49.2 Å². The number of halogens is 1.